The summed E-state index contributed by atoms with van der Waals surface area (Å²) in [6.07, 6.45) is 5.62. The van der Waals surface area contributed by atoms with Crippen LogP contribution in [0.1, 0.15) is 32.3 Å². The Morgan fingerprint density at radius 1 is 1.60 bits per heavy atom. The van der Waals surface area contributed by atoms with E-state index in [1.54, 1.807) is 10.9 Å². The van der Waals surface area contributed by atoms with Crippen LogP contribution in [0.25, 0.3) is 0 Å². The van der Waals surface area contributed by atoms with Crippen molar-refractivity contribution in [2.45, 2.75) is 38.1 Å². The first-order valence-corrected chi connectivity index (χ1v) is 5.35. The summed E-state index contributed by atoms with van der Waals surface area (Å²) in [6, 6.07) is 0.201. The van der Waals surface area contributed by atoms with Gasteiger partial charge in [0, 0.05) is 24.8 Å². The second-order valence-corrected chi connectivity index (χ2v) is 4.61. The second kappa shape index (κ2) is 3.36. The minimum Gasteiger partial charge on any atom is -0.353 e. The second-order valence-electron chi connectivity index (χ2n) is 4.61. The van der Waals surface area contributed by atoms with Crippen LogP contribution in [0.4, 0.5) is 0 Å². The summed E-state index contributed by atoms with van der Waals surface area (Å²) in [4.78, 5) is 12.0. The molecule has 1 saturated carbocycles. The molecule has 4 nitrogen and oxygen atoms in total. The van der Waals surface area contributed by atoms with E-state index in [9.17, 15) is 4.79 Å². The number of carbonyl (C=O) groups excluding carboxylic acids is 1. The van der Waals surface area contributed by atoms with Gasteiger partial charge in [0.15, 0.2) is 0 Å². The molecule has 1 N–H and O–H groups in total. The Bertz CT molecular complexity index is 377. The van der Waals surface area contributed by atoms with E-state index in [-0.39, 0.29) is 17.4 Å². The Labute approximate surface area is 89.7 Å². The molecule has 1 fully saturated rings. The van der Waals surface area contributed by atoms with Gasteiger partial charge in [0.1, 0.15) is 0 Å². The van der Waals surface area contributed by atoms with Gasteiger partial charge in [0.05, 0.1) is 11.6 Å². The Morgan fingerprint density at radius 2 is 2.27 bits per heavy atom. The van der Waals surface area contributed by atoms with Gasteiger partial charge in [-0.3, -0.25) is 9.48 Å². The average Bonchev–Trinajstić information content (AvgIpc) is 2.84. The lowest BCUT2D eigenvalue weighted by Gasteiger charge is -2.15. The summed E-state index contributed by atoms with van der Waals surface area (Å²) < 4.78 is 1.75. The molecule has 0 aliphatic heterocycles. The molecule has 82 valence electrons. The van der Waals surface area contributed by atoms with E-state index >= 15 is 0 Å². The molecule has 1 aromatic rings. The van der Waals surface area contributed by atoms with E-state index in [1.165, 1.54) is 0 Å². The summed E-state index contributed by atoms with van der Waals surface area (Å²) in [7, 11) is 1.87. The molecule has 0 unspecified atom stereocenters. The number of nitrogens with zero attached hydrogens (tertiary/aromatic N) is 2. The van der Waals surface area contributed by atoms with Gasteiger partial charge in [0.25, 0.3) is 0 Å². The molecule has 0 aromatic carbocycles. The Kier molecular flexibility index (Phi) is 2.29. The molecule has 0 radical (unpaired) electrons. The van der Waals surface area contributed by atoms with E-state index in [4.69, 9.17) is 0 Å². The first kappa shape index (κ1) is 10.2. The Balaban J connectivity index is 2.17. The van der Waals surface area contributed by atoms with E-state index in [1.807, 2.05) is 27.1 Å². The molecule has 1 aromatic heterocycles. The van der Waals surface area contributed by atoms with E-state index in [2.05, 4.69) is 10.4 Å². The van der Waals surface area contributed by atoms with Crippen molar-refractivity contribution >= 4 is 5.91 Å². The molecule has 1 amide bonds. The predicted octanol–water partition coefficient (Wildman–Crippen LogP) is 0.976. The number of nitrogens with one attached hydrogen (secondary N) is 1. The van der Waals surface area contributed by atoms with Crippen molar-refractivity contribution in [1.29, 1.82) is 0 Å². The highest BCUT2D eigenvalue weighted by atomic mass is 16.2. The molecular weight excluding hydrogens is 190 g/mol. The van der Waals surface area contributed by atoms with Crippen LogP contribution in [0.5, 0.6) is 0 Å². The highest BCUT2D eigenvalue weighted by molar-refractivity contribution is 5.91. The van der Waals surface area contributed by atoms with Crippen LogP contribution >= 0.6 is 0 Å². The highest BCUT2D eigenvalue weighted by Crippen LogP contribution is 2.48. The molecule has 15 heavy (non-hydrogen) atoms. The molecule has 1 heterocycles. The third-order valence-corrected chi connectivity index (χ3v) is 2.86. The van der Waals surface area contributed by atoms with Crippen molar-refractivity contribution in [2.75, 3.05) is 0 Å². The van der Waals surface area contributed by atoms with Gasteiger partial charge in [-0.05, 0) is 26.7 Å². The molecule has 1 aliphatic carbocycles. The van der Waals surface area contributed by atoms with Crippen LogP contribution < -0.4 is 5.32 Å². The first-order valence-electron chi connectivity index (χ1n) is 5.35. The summed E-state index contributed by atoms with van der Waals surface area (Å²) in [5.74, 6) is 0.144. The Morgan fingerprint density at radius 3 is 2.67 bits per heavy atom. The quantitative estimate of drug-likeness (QED) is 0.803. The zero-order valence-electron chi connectivity index (χ0n) is 9.45. The minimum atomic E-state index is -0.279. The molecule has 0 atom stereocenters. The highest BCUT2D eigenvalue weighted by Gasteiger charge is 2.52. The number of aromatic nitrogens is 2. The SMILES string of the molecule is CC(C)NC(=O)C1(c2cnn(C)c2)CC1. The van der Waals surface area contributed by atoms with Gasteiger partial charge in [-0.2, -0.15) is 5.10 Å². The van der Waals surface area contributed by atoms with Gasteiger partial charge in [-0.15, -0.1) is 0 Å². The number of hydrogen-bond acceptors (Lipinski definition) is 2. The number of rotatable bonds is 3. The summed E-state index contributed by atoms with van der Waals surface area (Å²) in [6.45, 7) is 3.97. The van der Waals surface area contributed by atoms with Crippen molar-refractivity contribution in [3.8, 4) is 0 Å². The molecule has 2 rings (SSSR count). The normalized spacial score (nSPS) is 17.9. The largest absolute Gasteiger partial charge is 0.353 e. The monoisotopic (exact) mass is 207 g/mol. The van der Waals surface area contributed by atoms with Crippen LogP contribution in [0.15, 0.2) is 12.4 Å². The standard InChI is InChI=1S/C11H17N3O/c1-8(2)13-10(15)11(4-5-11)9-6-12-14(3)7-9/h6-8H,4-5H2,1-3H3,(H,13,15). The molecule has 0 saturated heterocycles. The fraction of sp³-hybridized carbons (Fsp3) is 0.636. The number of hydrogen-bond donors (Lipinski definition) is 1. The number of aryl methyl sites for hydroxylation is 1. The Hall–Kier alpha value is -1.32. The van der Waals surface area contributed by atoms with E-state index in [0.29, 0.717) is 0 Å². The molecular formula is C11H17N3O. The maximum Gasteiger partial charge on any atom is 0.230 e. The van der Waals surface area contributed by atoms with Crippen LogP contribution in [0, 0.1) is 0 Å². The maximum absolute atomic E-state index is 12.0. The van der Waals surface area contributed by atoms with Crippen LogP contribution in [0.3, 0.4) is 0 Å². The van der Waals surface area contributed by atoms with Gasteiger partial charge in [0.2, 0.25) is 5.91 Å². The molecule has 0 spiro atoms. The fourth-order valence-electron chi connectivity index (χ4n) is 1.84. The maximum atomic E-state index is 12.0. The third-order valence-electron chi connectivity index (χ3n) is 2.86. The van der Waals surface area contributed by atoms with Gasteiger partial charge in [-0.25, -0.2) is 0 Å². The molecule has 4 heteroatoms. The minimum absolute atomic E-state index is 0.144. The zero-order valence-corrected chi connectivity index (χ0v) is 9.45. The summed E-state index contributed by atoms with van der Waals surface area (Å²) >= 11 is 0. The lowest BCUT2D eigenvalue weighted by molar-refractivity contribution is -0.124. The average molecular weight is 207 g/mol. The topological polar surface area (TPSA) is 46.9 Å². The van der Waals surface area contributed by atoms with Crippen molar-refractivity contribution in [1.82, 2.24) is 15.1 Å². The summed E-state index contributed by atoms with van der Waals surface area (Å²) in [5, 5.41) is 7.10. The lowest BCUT2D eigenvalue weighted by atomic mass is 9.98. The van der Waals surface area contributed by atoms with Crippen molar-refractivity contribution < 1.29 is 4.79 Å². The van der Waals surface area contributed by atoms with Gasteiger partial charge >= 0.3 is 0 Å². The fourth-order valence-corrected chi connectivity index (χ4v) is 1.84. The van der Waals surface area contributed by atoms with Gasteiger partial charge < -0.3 is 5.32 Å². The van der Waals surface area contributed by atoms with E-state index in [0.717, 1.165) is 18.4 Å². The van der Waals surface area contributed by atoms with Crippen LogP contribution in [-0.2, 0) is 17.3 Å². The van der Waals surface area contributed by atoms with Crippen molar-refractivity contribution in [2.24, 2.45) is 7.05 Å². The molecule has 0 bridgehead atoms. The van der Waals surface area contributed by atoms with E-state index < -0.39 is 0 Å². The van der Waals surface area contributed by atoms with Crippen LogP contribution in [-0.4, -0.2) is 21.7 Å². The third kappa shape index (κ3) is 1.76. The van der Waals surface area contributed by atoms with Crippen molar-refractivity contribution in [3.05, 3.63) is 18.0 Å². The van der Waals surface area contributed by atoms with Gasteiger partial charge in [-0.1, -0.05) is 0 Å². The predicted molar refractivity (Wildman–Crippen MR) is 57.4 cm³/mol. The summed E-state index contributed by atoms with van der Waals surface area (Å²) in [5.41, 5.74) is 0.765. The molecule has 1 aliphatic rings. The van der Waals surface area contributed by atoms with Crippen LogP contribution in [0.2, 0.25) is 0 Å². The lowest BCUT2D eigenvalue weighted by Crippen LogP contribution is -2.38. The first-order chi connectivity index (χ1) is 7.04. The zero-order chi connectivity index (χ0) is 11.1. The number of carbonyl (C=O) groups is 1. The smallest absolute Gasteiger partial charge is 0.230 e. The number of amides is 1. The van der Waals surface area contributed by atoms with Crippen molar-refractivity contribution in [3.63, 3.8) is 0 Å².